The minimum atomic E-state index is -0.502. The van der Waals surface area contributed by atoms with Crippen LogP contribution in [-0.4, -0.2) is 47.3 Å². The Morgan fingerprint density at radius 3 is 2.61 bits per heavy atom. The number of amides is 1. The Morgan fingerprint density at radius 1 is 1.19 bits per heavy atom. The molecule has 1 aliphatic carbocycles. The number of nitrogens with zero attached hydrogens (tertiary/aromatic N) is 2. The standard InChI is InChI=1S/C23H32N4O4/c1-15(28)25-20-19-12-17(26-16-8-5-3-4-6-9-16)13-24-22(19)27(21(20)23(29)30-2)14-18-10-7-11-31-18/h12-13,16,18,26H,3-11,14H2,1-2H3,(H,25,28)/t18-/m1/s1. The molecule has 1 aliphatic heterocycles. The first kappa shape index (κ1) is 21.6. The largest absolute Gasteiger partial charge is 0.464 e. The third-order valence-electron chi connectivity index (χ3n) is 6.21. The predicted octanol–water partition coefficient (Wildman–Crippen LogP) is 4.10. The average molecular weight is 429 g/mol. The van der Waals surface area contributed by atoms with Crippen LogP contribution in [0.25, 0.3) is 11.0 Å². The van der Waals surface area contributed by atoms with Gasteiger partial charge in [0.25, 0.3) is 0 Å². The molecule has 8 heteroatoms. The van der Waals surface area contributed by atoms with Gasteiger partial charge in [-0.3, -0.25) is 4.79 Å². The Hall–Kier alpha value is -2.61. The van der Waals surface area contributed by atoms with Crippen LogP contribution in [0.5, 0.6) is 0 Å². The lowest BCUT2D eigenvalue weighted by Gasteiger charge is -2.17. The maximum Gasteiger partial charge on any atom is 0.356 e. The Morgan fingerprint density at radius 2 is 1.97 bits per heavy atom. The summed E-state index contributed by atoms with van der Waals surface area (Å²) in [7, 11) is 1.35. The van der Waals surface area contributed by atoms with Gasteiger partial charge >= 0.3 is 5.97 Å². The van der Waals surface area contributed by atoms with Gasteiger partial charge < -0.3 is 24.7 Å². The number of anilines is 2. The van der Waals surface area contributed by atoms with Crippen LogP contribution in [-0.2, 0) is 20.8 Å². The van der Waals surface area contributed by atoms with Gasteiger partial charge in [-0.15, -0.1) is 0 Å². The Labute approximate surface area is 182 Å². The number of hydrogen-bond donors (Lipinski definition) is 2. The fourth-order valence-corrected chi connectivity index (χ4v) is 4.74. The van der Waals surface area contributed by atoms with E-state index in [2.05, 4.69) is 10.6 Å². The number of ether oxygens (including phenoxy) is 2. The summed E-state index contributed by atoms with van der Waals surface area (Å²) < 4.78 is 12.7. The van der Waals surface area contributed by atoms with Crippen LogP contribution in [0.1, 0.15) is 68.8 Å². The minimum absolute atomic E-state index is 0.00905. The van der Waals surface area contributed by atoms with Crippen molar-refractivity contribution in [1.82, 2.24) is 9.55 Å². The maximum atomic E-state index is 12.7. The van der Waals surface area contributed by atoms with Gasteiger partial charge in [-0.25, -0.2) is 9.78 Å². The monoisotopic (exact) mass is 428 g/mol. The number of carbonyl (C=O) groups excluding carboxylic acids is 2. The summed E-state index contributed by atoms with van der Waals surface area (Å²) in [6, 6.07) is 2.40. The van der Waals surface area contributed by atoms with E-state index in [0.717, 1.165) is 43.4 Å². The second kappa shape index (κ2) is 9.68. The van der Waals surface area contributed by atoms with E-state index in [9.17, 15) is 9.59 Å². The van der Waals surface area contributed by atoms with Crippen LogP contribution >= 0.6 is 0 Å². The van der Waals surface area contributed by atoms with Gasteiger partial charge in [0, 0.05) is 25.0 Å². The molecule has 1 saturated heterocycles. The number of hydrogen-bond acceptors (Lipinski definition) is 6. The van der Waals surface area contributed by atoms with E-state index >= 15 is 0 Å². The summed E-state index contributed by atoms with van der Waals surface area (Å²) >= 11 is 0. The zero-order chi connectivity index (χ0) is 21.8. The summed E-state index contributed by atoms with van der Waals surface area (Å²) in [6.45, 7) is 2.65. The second-order valence-corrected chi connectivity index (χ2v) is 8.57. The summed E-state index contributed by atoms with van der Waals surface area (Å²) in [6.07, 6.45) is 11.1. The zero-order valence-corrected chi connectivity index (χ0v) is 18.4. The van der Waals surface area contributed by atoms with Crippen LogP contribution in [0.4, 0.5) is 11.4 Å². The highest BCUT2D eigenvalue weighted by Crippen LogP contribution is 2.34. The summed E-state index contributed by atoms with van der Waals surface area (Å²) in [5, 5.41) is 7.19. The number of pyridine rings is 1. The lowest BCUT2D eigenvalue weighted by atomic mass is 10.1. The van der Waals surface area contributed by atoms with Crippen molar-refractivity contribution in [3.63, 3.8) is 0 Å². The van der Waals surface area contributed by atoms with Crippen molar-refractivity contribution >= 4 is 34.3 Å². The highest BCUT2D eigenvalue weighted by atomic mass is 16.5. The molecule has 0 unspecified atom stereocenters. The molecule has 1 saturated carbocycles. The number of esters is 1. The Bertz CT molecular complexity index is 941. The van der Waals surface area contributed by atoms with Gasteiger partial charge in [0.15, 0.2) is 5.69 Å². The van der Waals surface area contributed by atoms with E-state index in [4.69, 9.17) is 14.5 Å². The number of nitrogens with one attached hydrogen (secondary N) is 2. The summed E-state index contributed by atoms with van der Waals surface area (Å²) in [5.41, 5.74) is 2.30. The highest BCUT2D eigenvalue weighted by Gasteiger charge is 2.28. The van der Waals surface area contributed by atoms with Crippen LogP contribution < -0.4 is 10.6 Å². The highest BCUT2D eigenvalue weighted by molar-refractivity contribution is 6.10. The molecular formula is C23H32N4O4. The molecule has 2 aliphatic rings. The molecule has 2 aromatic rings. The van der Waals surface area contributed by atoms with Crippen LogP contribution in [0, 0.1) is 0 Å². The van der Waals surface area contributed by atoms with E-state index < -0.39 is 5.97 Å². The van der Waals surface area contributed by atoms with Gasteiger partial charge in [-0.1, -0.05) is 25.7 Å². The lowest BCUT2D eigenvalue weighted by Crippen LogP contribution is -2.21. The van der Waals surface area contributed by atoms with Gasteiger partial charge in [0.05, 0.1) is 37.3 Å². The van der Waals surface area contributed by atoms with E-state index in [1.165, 1.54) is 39.7 Å². The fourth-order valence-electron chi connectivity index (χ4n) is 4.74. The Balaban J connectivity index is 1.76. The average Bonchev–Trinajstić information content (AvgIpc) is 3.27. The quantitative estimate of drug-likeness (QED) is 0.531. The third kappa shape index (κ3) is 4.84. The molecule has 2 N–H and O–H groups in total. The van der Waals surface area contributed by atoms with Crippen molar-refractivity contribution in [3.05, 3.63) is 18.0 Å². The molecule has 0 aromatic carbocycles. The SMILES string of the molecule is COC(=O)c1c(NC(C)=O)c2cc(NC3CCCCCC3)cnc2n1C[C@H]1CCCO1. The molecule has 4 rings (SSSR count). The molecule has 0 bridgehead atoms. The first-order valence-electron chi connectivity index (χ1n) is 11.3. The molecule has 1 atom stereocenters. The minimum Gasteiger partial charge on any atom is -0.464 e. The van der Waals surface area contributed by atoms with Crippen molar-refractivity contribution in [1.29, 1.82) is 0 Å². The first-order valence-corrected chi connectivity index (χ1v) is 11.3. The van der Waals surface area contributed by atoms with Crippen LogP contribution in [0.2, 0.25) is 0 Å². The van der Waals surface area contributed by atoms with Gasteiger partial charge in [0.1, 0.15) is 5.65 Å². The number of methoxy groups -OCH3 is 1. The summed E-state index contributed by atoms with van der Waals surface area (Å²) in [5.74, 6) is -0.749. The second-order valence-electron chi connectivity index (χ2n) is 8.57. The van der Waals surface area contributed by atoms with E-state index in [1.54, 1.807) is 0 Å². The topological polar surface area (TPSA) is 94.5 Å². The number of aromatic nitrogens is 2. The van der Waals surface area contributed by atoms with Crippen molar-refractivity contribution in [2.45, 2.75) is 77.0 Å². The van der Waals surface area contributed by atoms with Gasteiger partial charge in [-0.05, 0) is 31.7 Å². The molecule has 2 aromatic heterocycles. The molecule has 168 valence electrons. The van der Waals surface area contributed by atoms with Crippen LogP contribution in [0.3, 0.4) is 0 Å². The molecule has 3 heterocycles. The van der Waals surface area contributed by atoms with Crippen molar-refractivity contribution in [2.75, 3.05) is 24.4 Å². The van der Waals surface area contributed by atoms with Crippen LogP contribution in [0.15, 0.2) is 12.3 Å². The number of fused-ring (bicyclic) bond motifs is 1. The Kier molecular flexibility index (Phi) is 6.75. The molecule has 8 nitrogen and oxygen atoms in total. The molecule has 1 amide bonds. The van der Waals surface area contributed by atoms with E-state index in [1.807, 2.05) is 16.8 Å². The predicted molar refractivity (Wildman–Crippen MR) is 119 cm³/mol. The zero-order valence-electron chi connectivity index (χ0n) is 18.4. The third-order valence-corrected chi connectivity index (χ3v) is 6.21. The first-order chi connectivity index (χ1) is 15.1. The van der Waals surface area contributed by atoms with E-state index in [0.29, 0.717) is 29.6 Å². The van der Waals surface area contributed by atoms with Crippen molar-refractivity contribution in [3.8, 4) is 0 Å². The van der Waals surface area contributed by atoms with E-state index in [-0.39, 0.29) is 12.0 Å². The summed E-state index contributed by atoms with van der Waals surface area (Å²) in [4.78, 5) is 29.4. The lowest BCUT2D eigenvalue weighted by molar-refractivity contribution is -0.114. The number of carbonyl (C=O) groups is 2. The normalized spacial score (nSPS) is 19.9. The van der Waals surface area contributed by atoms with Gasteiger partial charge in [0.2, 0.25) is 5.91 Å². The molecule has 2 fully saturated rings. The molecular weight excluding hydrogens is 396 g/mol. The van der Waals surface area contributed by atoms with Crippen molar-refractivity contribution < 1.29 is 19.1 Å². The van der Waals surface area contributed by atoms with Gasteiger partial charge in [-0.2, -0.15) is 0 Å². The fraction of sp³-hybridized carbons (Fsp3) is 0.609. The number of rotatable bonds is 6. The molecule has 0 spiro atoms. The maximum absolute atomic E-state index is 12.7. The molecule has 0 radical (unpaired) electrons. The smallest absolute Gasteiger partial charge is 0.356 e. The van der Waals surface area contributed by atoms with Crippen molar-refractivity contribution in [2.24, 2.45) is 0 Å². The molecule has 31 heavy (non-hydrogen) atoms.